The highest BCUT2D eigenvalue weighted by atomic mass is 19.1. The summed E-state index contributed by atoms with van der Waals surface area (Å²) in [4.78, 5) is 92.9. The number of likely N-dealkylation sites (tertiary alicyclic amines) is 2. The van der Waals surface area contributed by atoms with Gasteiger partial charge in [0.05, 0.1) is 11.1 Å². The number of amides is 4. The summed E-state index contributed by atoms with van der Waals surface area (Å²) in [5.41, 5.74) is 0.869. The smallest absolute Gasteiger partial charge is 0.303 e. The largest absolute Gasteiger partial charge is 0.455 e. The van der Waals surface area contributed by atoms with Crippen LogP contribution in [-0.2, 0) is 70.3 Å². The molecule has 444 valence electrons. The molecule has 4 rings (SSSR count). The number of esters is 3. The number of nitrogens with zero attached hydrogens (tertiary/aromatic N) is 4. The lowest BCUT2D eigenvalue weighted by atomic mass is 9.98. The zero-order chi connectivity index (χ0) is 60.5. The highest BCUT2D eigenvalue weighted by Crippen LogP contribution is 2.24. The summed E-state index contributed by atoms with van der Waals surface area (Å²) < 4.78 is 54.5. The standard InChI is InChI=1S/C32H42FN3O9.C26H36FN3O6/c1-7-19(2)11-14-27(43-20(3)37)28(44-21(4)38)29(45-22(5)39)30(42-6)31(40)35-26-10-8-9-15-36(32(26)41)18-23-12-13-25(33)24(16-23)17-34;1-4-16(2)8-11-21(31)22(32)23(33)24(36-3)25(34)29-20-7-5-6-12-30(26(20)35)15-17-9-10-19(27)18(13-17)14-28/h11-14,16,19,26-30H,7-10,15,18H2,1-6H3,(H,35,40);8-11,13,16,20-24,31-33H,4-7,12,15H2,1-3H3,(H,29,34)/b14-11+;11-8+/t19?,26-,27+,28-,29+,30+;16?,20-,21+,22-,23+,24+/m00/s1. The second-order valence-electron chi connectivity index (χ2n) is 20.0. The fraction of sp³-hybridized carbons (Fsp3) is 0.569. The second-order valence-corrected chi connectivity index (χ2v) is 20.0. The Morgan fingerprint density at radius 3 is 1.47 bits per heavy atom. The van der Waals surface area contributed by atoms with Crippen molar-refractivity contribution in [2.45, 2.75) is 174 Å². The third-order valence-corrected chi connectivity index (χ3v) is 13.7. The third-order valence-electron chi connectivity index (χ3n) is 13.7. The lowest BCUT2D eigenvalue weighted by molar-refractivity contribution is -0.192. The molecule has 23 heteroatoms. The van der Waals surface area contributed by atoms with Crippen molar-refractivity contribution in [1.82, 2.24) is 20.4 Å². The molecule has 0 aromatic heterocycles. The lowest BCUT2D eigenvalue weighted by Gasteiger charge is -2.34. The van der Waals surface area contributed by atoms with Crippen molar-refractivity contribution in [2.24, 2.45) is 11.8 Å². The van der Waals surface area contributed by atoms with Gasteiger partial charge in [-0.05, 0) is 91.8 Å². The number of nitrogens with one attached hydrogen (secondary N) is 2. The fourth-order valence-corrected chi connectivity index (χ4v) is 8.83. The first-order valence-corrected chi connectivity index (χ1v) is 27.0. The minimum absolute atomic E-state index is 0.0559. The maximum absolute atomic E-state index is 13.8. The summed E-state index contributed by atoms with van der Waals surface area (Å²) >= 11 is 0. The number of carbonyl (C=O) groups is 7. The number of carbonyl (C=O) groups excluding carboxylic acids is 7. The van der Waals surface area contributed by atoms with Crippen LogP contribution in [0.25, 0.3) is 0 Å². The third kappa shape index (κ3) is 21.4. The molecule has 2 aliphatic rings. The first-order valence-electron chi connectivity index (χ1n) is 27.0. The number of nitriles is 2. The normalized spacial score (nSPS) is 19.5. The Balaban J connectivity index is 0.000000436. The van der Waals surface area contributed by atoms with E-state index in [2.05, 4.69) is 10.6 Å². The van der Waals surface area contributed by atoms with Crippen molar-refractivity contribution in [1.29, 1.82) is 10.5 Å². The molecule has 2 aromatic carbocycles. The van der Waals surface area contributed by atoms with Gasteiger partial charge in [-0.1, -0.05) is 70.9 Å². The van der Waals surface area contributed by atoms with Gasteiger partial charge in [0.2, 0.25) is 11.8 Å². The van der Waals surface area contributed by atoms with Gasteiger partial charge < -0.3 is 59.4 Å². The number of rotatable bonds is 25. The summed E-state index contributed by atoms with van der Waals surface area (Å²) in [7, 11) is 2.37. The van der Waals surface area contributed by atoms with Crippen molar-refractivity contribution in [2.75, 3.05) is 27.3 Å². The van der Waals surface area contributed by atoms with E-state index in [9.17, 15) is 62.9 Å². The van der Waals surface area contributed by atoms with E-state index >= 15 is 0 Å². The van der Waals surface area contributed by atoms with Crippen LogP contribution in [0, 0.1) is 46.1 Å². The Bertz CT molecular complexity index is 2610. The molecule has 21 nitrogen and oxygen atoms in total. The van der Waals surface area contributed by atoms with Gasteiger partial charge in [-0.15, -0.1) is 0 Å². The molecule has 0 saturated carbocycles. The molecule has 0 spiro atoms. The molecule has 2 saturated heterocycles. The number of aliphatic hydroxyl groups excluding tert-OH is 3. The number of ether oxygens (including phenoxy) is 5. The van der Waals surface area contributed by atoms with E-state index in [1.54, 1.807) is 24.3 Å². The van der Waals surface area contributed by atoms with Gasteiger partial charge in [0.15, 0.2) is 30.5 Å². The van der Waals surface area contributed by atoms with Crippen molar-refractivity contribution < 1.29 is 81.3 Å². The minimum Gasteiger partial charge on any atom is -0.455 e. The topological polar surface area (TPSA) is 304 Å². The Labute approximate surface area is 472 Å². The molecular formula is C58H78F2N6O15. The zero-order valence-electron chi connectivity index (χ0n) is 47.5. The molecule has 2 heterocycles. The molecule has 0 radical (unpaired) electrons. The second kappa shape index (κ2) is 34.2. The average molecular weight is 1140 g/mol. The SMILES string of the molecule is CCC(C)/C=C/[C@@H](O)[C@H](O)[C@@H](O)[C@@H](OC)C(=O)N[C@H]1CCCCN(Cc2ccc(F)c(C#N)c2)C1=O.CCC(C)/C=C/[C@@H](OC(C)=O)[C@H](OC(C)=O)[C@@H](OC(C)=O)[C@@H](OC)C(=O)N[C@H]1CCCCN(Cc2ccc(F)c(C#N)c2)C1=O. The zero-order valence-corrected chi connectivity index (χ0v) is 47.5. The average Bonchev–Trinajstić information content (AvgIpc) is 3.72. The number of benzene rings is 2. The first-order chi connectivity index (χ1) is 38.4. The highest BCUT2D eigenvalue weighted by molar-refractivity contribution is 5.91. The van der Waals surface area contributed by atoms with Crippen LogP contribution in [0.3, 0.4) is 0 Å². The van der Waals surface area contributed by atoms with Gasteiger partial charge in [0.25, 0.3) is 11.8 Å². The van der Waals surface area contributed by atoms with Crippen LogP contribution >= 0.6 is 0 Å². The maximum atomic E-state index is 13.8. The highest BCUT2D eigenvalue weighted by Gasteiger charge is 2.45. The van der Waals surface area contributed by atoms with Gasteiger partial charge in [0.1, 0.15) is 54.2 Å². The lowest BCUT2D eigenvalue weighted by Crippen LogP contribution is -2.58. The van der Waals surface area contributed by atoms with Gasteiger partial charge in [-0.25, -0.2) is 8.78 Å². The number of halogens is 2. The summed E-state index contributed by atoms with van der Waals surface area (Å²) in [6.45, 7) is 12.2. The van der Waals surface area contributed by atoms with Gasteiger partial charge in [-0.2, -0.15) is 10.5 Å². The van der Waals surface area contributed by atoms with E-state index in [1.807, 2.05) is 27.7 Å². The Kier molecular flexibility index (Phi) is 28.8. The van der Waals surface area contributed by atoms with E-state index in [0.29, 0.717) is 62.7 Å². The summed E-state index contributed by atoms with van der Waals surface area (Å²) in [5.74, 6) is -5.81. The molecule has 2 unspecified atom stereocenters. The van der Waals surface area contributed by atoms with E-state index in [1.165, 1.54) is 66.5 Å². The van der Waals surface area contributed by atoms with E-state index in [0.717, 1.165) is 39.7 Å². The quantitative estimate of drug-likeness (QED) is 0.0519. The molecule has 2 aromatic rings. The first kappa shape index (κ1) is 68.1. The van der Waals surface area contributed by atoms with Crippen LogP contribution in [0.4, 0.5) is 8.78 Å². The number of hydrogen-bond donors (Lipinski definition) is 5. The van der Waals surface area contributed by atoms with Crippen LogP contribution in [0.2, 0.25) is 0 Å². The molecule has 12 atom stereocenters. The van der Waals surface area contributed by atoms with E-state index in [-0.39, 0.29) is 42.0 Å². The van der Waals surface area contributed by atoms with Crippen LogP contribution in [0.5, 0.6) is 0 Å². The molecule has 5 N–H and O–H groups in total. The summed E-state index contributed by atoms with van der Waals surface area (Å²) in [6, 6.07) is 9.76. The van der Waals surface area contributed by atoms with E-state index < -0.39 is 108 Å². The minimum atomic E-state index is -1.74. The molecule has 2 aliphatic heterocycles. The fourth-order valence-electron chi connectivity index (χ4n) is 8.83. The number of hydrogen-bond acceptors (Lipinski definition) is 17. The van der Waals surface area contributed by atoms with Crippen LogP contribution in [0.15, 0.2) is 60.7 Å². The van der Waals surface area contributed by atoms with E-state index in [4.69, 9.17) is 28.9 Å². The molecule has 81 heavy (non-hydrogen) atoms. The summed E-state index contributed by atoms with van der Waals surface area (Å²) in [6.07, 6.45) is -1.12. The monoisotopic (exact) mass is 1140 g/mol. The predicted molar refractivity (Wildman–Crippen MR) is 288 cm³/mol. The molecular weight excluding hydrogens is 1060 g/mol. The Morgan fingerprint density at radius 1 is 0.642 bits per heavy atom. The Hall–Kier alpha value is -7.15. The van der Waals surface area contributed by atoms with Crippen molar-refractivity contribution in [3.8, 4) is 12.1 Å². The molecule has 2 fully saturated rings. The molecule has 0 aliphatic carbocycles. The maximum Gasteiger partial charge on any atom is 0.303 e. The van der Waals surface area contributed by atoms with Gasteiger partial charge in [-0.3, -0.25) is 33.6 Å². The number of aliphatic hydroxyl groups is 3. The van der Waals surface area contributed by atoms with Crippen LogP contribution in [-0.4, -0.2) is 155 Å². The Morgan fingerprint density at radius 2 is 1.06 bits per heavy atom. The van der Waals surface area contributed by atoms with Gasteiger partial charge in [0, 0.05) is 61.2 Å². The number of allylic oxidation sites excluding steroid dienone is 2. The number of methoxy groups -OCH3 is 2. The van der Waals surface area contributed by atoms with Gasteiger partial charge >= 0.3 is 17.9 Å². The van der Waals surface area contributed by atoms with Crippen molar-refractivity contribution in [3.05, 3.63) is 94.6 Å². The summed E-state index contributed by atoms with van der Waals surface area (Å²) in [5, 5.41) is 54.6. The molecule has 4 amide bonds. The van der Waals surface area contributed by atoms with Crippen molar-refractivity contribution in [3.63, 3.8) is 0 Å². The van der Waals surface area contributed by atoms with Crippen LogP contribution < -0.4 is 10.6 Å². The van der Waals surface area contributed by atoms with Crippen LogP contribution in [0.1, 0.15) is 122 Å². The van der Waals surface area contributed by atoms with Crippen molar-refractivity contribution >= 4 is 41.5 Å². The predicted octanol–water partition coefficient (Wildman–Crippen LogP) is 4.50. The molecule has 0 bridgehead atoms.